The van der Waals surface area contributed by atoms with E-state index in [9.17, 15) is 4.79 Å². The van der Waals surface area contributed by atoms with E-state index in [2.05, 4.69) is 0 Å². The molecule has 1 saturated heterocycles. The molecule has 0 aromatic heterocycles. The van der Waals surface area contributed by atoms with Crippen LogP contribution in [0.2, 0.25) is 0 Å². The molecular weight excluding hydrogens is 263 g/mol. The maximum atomic E-state index is 10.5. The molecule has 0 aromatic carbocycles. The van der Waals surface area contributed by atoms with Gasteiger partial charge in [0.1, 0.15) is 0 Å². The van der Waals surface area contributed by atoms with E-state index in [-0.39, 0.29) is 103 Å². The van der Waals surface area contributed by atoms with Crippen LogP contribution < -0.4 is 113 Å². The molecule has 1 fully saturated rings. The van der Waals surface area contributed by atoms with Crippen molar-refractivity contribution in [2.75, 3.05) is 13.6 Å². The molecule has 0 saturated carbocycles. The van der Waals surface area contributed by atoms with Gasteiger partial charge < -0.3 is 24.1 Å². The van der Waals surface area contributed by atoms with Crippen LogP contribution >= 0.6 is 7.82 Å². The van der Waals surface area contributed by atoms with Gasteiger partial charge >= 0.3 is 103 Å². The summed E-state index contributed by atoms with van der Waals surface area (Å²) in [5.41, 5.74) is 0. The van der Waals surface area contributed by atoms with Gasteiger partial charge in [-0.3, -0.25) is 4.79 Å². The van der Waals surface area contributed by atoms with Crippen molar-refractivity contribution in [1.29, 1.82) is 0 Å². The van der Waals surface area contributed by atoms with Gasteiger partial charge in [-0.15, -0.1) is 0 Å². The van der Waals surface area contributed by atoms with Crippen molar-refractivity contribution in [2.45, 2.75) is 12.8 Å². The molecule has 0 aromatic rings. The van der Waals surface area contributed by atoms with Crippen LogP contribution in [0.25, 0.3) is 0 Å². The van der Waals surface area contributed by atoms with E-state index in [0.29, 0.717) is 5.91 Å². The third-order valence-electron chi connectivity index (χ3n) is 1.31. The first-order valence-corrected chi connectivity index (χ1v) is 4.79. The summed E-state index contributed by atoms with van der Waals surface area (Å²) in [6.45, 7) is 0.957. The number of rotatable bonds is 0. The number of carbonyl (C=O) groups excluding carboxylic acids is 1. The Morgan fingerprint density at radius 1 is 1.43 bits per heavy atom. The largest absolute Gasteiger partial charge is 1.00 e. The molecular formula is C5H10K2NO5P. The van der Waals surface area contributed by atoms with Crippen LogP contribution in [-0.2, 0) is 9.36 Å². The van der Waals surface area contributed by atoms with Crippen LogP contribution in [0.4, 0.5) is 0 Å². The van der Waals surface area contributed by atoms with Gasteiger partial charge in [0, 0.05) is 20.0 Å². The Bertz CT molecular complexity index is 200. The molecule has 0 bridgehead atoms. The van der Waals surface area contributed by atoms with Crippen molar-refractivity contribution in [3.05, 3.63) is 0 Å². The quantitative estimate of drug-likeness (QED) is 0.349. The maximum absolute atomic E-state index is 10.5. The van der Waals surface area contributed by atoms with Crippen molar-refractivity contribution < 1.29 is 127 Å². The molecule has 0 radical (unpaired) electrons. The third-order valence-corrected chi connectivity index (χ3v) is 1.31. The fraction of sp³-hybridized carbons (Fsp3) is 0.800. The summed E-state index contributed by atoms with van der Waals surface area (Å²) >= 11 is 0. The molecule has 0 atom stereocenters. The minimum atomic E-state index is -5.14. The van der Waals surface area contributed by atoms with Crippen LogP contribution in [0.1, 0.15) is 12.8 Å². The average molecular weight is 273 g/mol. The summed E-state index contributed by atoms with van der Waals surface area (Å²) in [4.78, 5) is 36.5. The van der Waals surface area contributed by atoms with Crippen LogP contribution in [-0.4, -0.2) is 29.3 Å². The van der Waals surface area contributed by atoms with E-state index in [0.717, 1.165) is 19.4 Å². The molecule has 1 aliphatic heterocycles. The molecule has 1 amide bonds. The summed E-state index contributed by atoms with van der Waals surface area (Å²) in [6, 6.07) is 0. The number of nitrogens with zero attached hydrogens (tertiary/aromatic N) is 1. The van der Waals surface area contributed by atoms with Crippen LogP contribution in [0.5, 0.6) is 0 Å². The van der Waals surface area contributed by atoms with Crippen LogP contribution in [0.3, 0.4) is 0 Å². The van der Waals surface area contributed by atoms with Crippen molar-refractivity contribution >= 4 is 13.7 Å². The molecule has 72 valence electrons. The number of amides is 1. The summed E-state index contributed by atoms with van der Waals surface area (Å²) in [6.07, 6.45) is 1.81. The number of likely N-dealkylation sites (tertiary alicyclic amines) is 1. The van der Waals surface area contributed by atoms with E-state index in [1.165, 1.54) is 0 Å². The second-order valence-corrected chi connectivity index (χ2v) is 3.32. The molecule has 1 N–H and O–H groups in total. The van der Waals surface area contributed by atoms with Gasteiger partial charge in [-0.05, 0) is 6.42 Å². The van der Waals surface area contributed by atoms with E-state index in [1.54, 1.807) is 4.90 Å². The predicted molar refractivity (Wildman–Crippen MR) is 36.7 cm³/mol. The van der Waals surface area contributed by atoms with Gasteiger partial charge in [0.05, 0.1) is 7.82 Å². The molecule has 0 unspecified atom stereocenters. The van der Waals surface area contributed by atoms with Gasteiger partial charge in [-0.1, -0.05) is 0 Å². The molecule has 0 spiro atoms. The van der Waals surface area contributed by atoms with Crippen molar-refractivity contribution in [1.82, 2.24) is 4.90 Å². The molecule has 0 aliphatic carbocycles. The smallest absolute Gasteiger partial charge is 0.790 e. The SMILES string of the molecule is CN1CCCC1=O.O=P([O-])([O-])O.[K+].[K+]. The van der Waals surface area contributed by atoms with Gasteiger partial charge in [0.15, 0.2) is 0 Å². The predicted octanol–water partition coefficient (Wildman–Crippen LogP) is -7.95. The molecule has 1 rings (SSSR count). The fourth-order valence-corrected chi connectivity index (χ4v) is 0.783. The fourth-order valence-electron chi connectivity index (χ4n) is 0.783. The van der Waals surface area contributed by atoms with Gasteiger partial charge in [-0.25, -0.2) is 0 Å². The van der Waals surface area contributed by atoms with Crippen molar-refractivity contribution in [3.8, 4) is 0 Å². The monoisotopic (exact) mass is 273 g/mol. The zero-order valence-electron chi connectivity index (χ0n) is 8.60. The first-order chi connectivity index (χ1) is 5.30. The minimum absolute atomic E-state index is 0. The Balaban J connectivity index is -0.000000159. The number of hydrogen-bond acceptors (Lipinski definition) is 4. The topological polar surface area (TPSA) is 104 Å². The molecule has 1 aliphatic rings. The zero-order chi connectivity index (χ0) is 9.78. The number of phosphoric acid groups is 1. The van der Waals surface area contributed by atoms with Crippen LogP contribution in [0.15, 0.2) is 0 Å². The molecule has 6 nitrogen and oxygen atoms in total. The maximum Gasteiger partial charge on any atom is 1.00 e. The summed E-state index contributed by atoms with van der Waals surface area (Å²) < 4.78 is 8.66. The minimum Gasteiger partial charge on any atom is -0.790 e. The Labute approximate surface area is 168 Å². The van der Waals surface area contributed by atoms with Crippen LogP contribution in [0, 0.1) is 0 Å². The van der Waals surface area contributed by atoms with Gasteiger partial charge in [0.25, 0.3) is 0 Å². The summed E-state index contributed by atoms with van der Waals surface area (Å²) in [5.74, 6) is 0.292. The van der Waals surface area contributed by atoms with E-state index >= 15 is 0 Å². The number of carbonyl (C=O) groups is 1. The number of hydrogen-bond donors (Lipinski definition) is 1. The summed E-state index contributed by atoms with van der Waals surface area (Å²) in [5, 5.41) is 0. The first-order valence-electron chi connectivity index (χ1n) is 3.29. The molecule has 9 heteroatoms. The van der Waals surface area contributed by atoms with E-state index < -0.39 is 7.82 Å². The van der Waals surface area contributed by atoms with Crippen molar-refractivity contribution in [2.24, 2.45) is 0 Å². The second kappa shape index (κ2) is 11.0. The standard InChI is InChI=1S/C5H9NO.2K.H3O4P/c1-6-4-2-3-5(6)7;;;1-5(2,3)4/h2-4H2,1H3;;;(H3,1,2,3,4)/q;2*+1;/p-2. The third kappa shape index (κ3) is 17.3. The Morgan fingerprint density at radius 2 is 1.79 bits per heavy atom. The molecule has 14 heavy (non-hydrogen) atoms. The second-order valence-electron chi connectivity index (χ2n) is 2.39. The van der Waals surface area contributed by atoms with Gasteiger partial charge in [0.2, 0.25) is 5.91 Å². The van der Waals surface area contributed by atoms with Crippen molar-refractivity contribution in [3.63, 3.8) is 0 Å². The van der Waals surface area contributed by atoms with E-state index in [1.807, 2.05) is 7.05 Å². The zero-order valence-corrected chi connectivity index (χ0v) is 15.7. The molecule has 1 heterocycles. The Morgan fingerprint density at radius 3 is 1.86 bits per heavy atom. The first kappa shape index (κ1) is 22.1. The average Bonchev–Trinajstić information content (AvgIpc) is 2.12. The van der Waals surface area contributed by atoms with E-state index in [4.69, 9.17) is 19.2 Å². The van der Waals surface area contributed by atoms with Gasteiger partial charge in [-0.2, -0.15) is 0 Å². The summed E-state index contributed by atoms with van der Waals surface area (Å²) in [7, 11) is -3.30. The normalized spacial score (nSPS) is 14.9. The Hall–Kier alpha value is 2.85. The Kier molecular flexibility index (Phi) is 17.3.